The van der Waals surface area contributed by atoms with Gasteiger partial charge in [0.25, 0.3) is 0 Å². The first-order chi connectivity index (χ1) is 8.17. The Morgan fingerprint density at radius 2 is 2.18 bits per heavy atom. The third-order valence-corrected chi connectivity index (χ3v) is 2.59. The van der Waals surface area contributed by atoms with E-state index in [9.17, 15) is 9.59 Å². The Labute approximate surface area is 103 Å². The summed E-state index contributed by atoms with van der Waals surface area (Å²) in [6, 6.07) is 8.86. The molecule has 0 spiro atoms. The van der Waals surface area contributed by atoms with E-state index in [1.807, 2.05) is 12.3 Å². The highest BCUT2D eigenvalue weighted by Gasteiger charge is 2.12. The lowest BCUT2D eigenvalue weighted by atomic mass is 10.3. The van der Waals surface area contributed by atoms with Gasteiger partial charge in [-0.1, -0.05) is 6.07 Å². The number of anilines is 1. The van der Waals surface area contributed by atoms with Crippen LogP contribution in [-0.4, -0.2) is 24.6 Å². The minimum atomic E-state index is -0.818. The van der Waals surface area contributed by atoms with E-state index in [0.29, 0.717) is 5.69 Å². The minimum Gasteiger partial charge on any atom is -0.335 e. The number of rotatable bonds is 3. The summed E-state index contributed by atoms with van der Waals surface area (Å²) in [5, 5.41) is 12.9. The number of hydrogen-bond donors (Lipinski definition) is 2. The van der Waals surface area contributed by atoms with E-state index in [0.717, 1.165) is 4.90 Å². The van der Waals surface area contributed by atoms with Crippen molar-refractivity contribution in [3.05, 3.63) is 24.3 Å². The molecule has 0 fully saturated rings. The van der Waals surface area contributed by atoms with E-state index < -0.39 is 11.8 Å². The molecule has 17 heavy (non-hydrogen) atoms. The molecule has 0 heterocycles. The zero-order valence-electron chi connectivity index (χ0n) is 9.19. The first-order valence-corrected chi connectivity index (χ1v) is 6.00. The summed E-state index contributed by atoms with van der Waals surface area (Å²) in [4.78, 5) is 23.5. The van der Waals surface area contributed by atoms with Gasteiger partial charge < -0.3 is 10.6 Å². The maximum Gasteiger partial charge on any atom is 0.313 e. The van der Waals surface area contributed by atoms with Gasteiger partial charge in [0.05, 0.1) is 6.07 Å². The van der Waals surface area contributed by atoms with Crippen LogP contribution in [0.4, 0.5) is 5.69 Å². The fourth-order valence-electron chi connectivity index (χ4n) is 1.09. The molecule has 2 amide bonds. The van der Waals surface area contributed by atoms with Crippen LogP contribution in [0.3, 0.4) is 0 Å². The van der Waals surface area contributed by atoms with Crippen molar-refractivity contribution in [1.82, 2.24) is 5.32 Å². The SMILES string of the molecule is CSc1cccc(NC(=O)C(=O)NCC#N)c1. The Hall–Kier alpha value is -2.00. The summed E-state index contributed by atoms with van der Waals surface area (Å²) in [7, 11) is 0. The van der Waals surface area contributed by atoms with Gasteiger partial charge in [0.2, 0.25) is 0 Å². The molecule has 1 aromatic rings. The van der Waals surface area contributed by atoms with Crippen LogP contribution in [0.2, 0.25) is 0 Å². The molecule has 0 aliphatic rings. The van der Waals surface area contributed by atoms with Gasteiger partial charge in [-0.3, -0.25) is 9.59 Å². The van der Waals surface area contributed by atoms with Crippen molar-refractivity contribution in [2.75, 3.05) is 18.1 Å². The van der Waals surface area contributed by atoms with Crippen LogP contribution in [0.5, 0.6) is 0 Å². The Morgan fingerprint density at radius 1 is 1.41 bits per heavy atom. The van der Waals surface area contributed by atoms with Crippen LogP contribution < -0.4 is 10.6 Å². The highest BCUT2D eigenvalue weighted by molar-refractivity contribution is 7.98. The summed E-state index contributed by atoms with van der Waals surface area (Å²) in [5.74, 6) is -1.60. The molecule has 88 valence electrons. The van der Waals surface area contributed by atoms with Crippen molar-refractivity contribution in [3.8, 4) is 6.07 Å². The summed E-state index contributed by atoms with van der Waals surface area (Å²) in [5.41, 5.74) is 0.550. The van der Waals surface area contributed by atoms with Crippen molar-refractivity contribution in [1.29, 1.82) is 5.26 Å². The summed E-state index contributed by atoms with van der Waals surface area (Å²) >= 11 is 1.54. The second-order valence-corrected chi connectivity index (χ2v) is 3.91. The molecule has 0 aliphatic carbocycles. The highest BCUT2D eigenvalue weighted by Crippen LogP contribution is 2.18. The number of amides is 2. The Morgan fingerprint density at radius 3 is 2.82 bits per heavy atom. The van der Waals surface area contributed by atoms with Crippen LogP contribution in [0.25, 0.3) is 0 Å². The number of hydrogen-bond acceptors (Lipinski definition) is 4. The normalized spacial score (nSPS) is 9.18. The average molecular weight is 249 g/mol. The van der Waals surface area contributed by atoms with E-state index in [-0.39, 0.29) is 6.54 Å². The highest BCUT2D eigenvalue weighted by atomic mass is 32.2. The molecule has 6 heteroatoms. The van der Waals surface area contributed by atoms with Crippen LogP contribution in [0.15, 0.2) is 29.2 Å². The predicted molar refractivity (Wildman–Crippen MR) is 65.5 cm³/mol. The first kappa shape index (κ1) is 13.1. The second kappa shape index (κ2) is 6.55. The molecule has 0 bridgehead atoms. The molecule has 5 nitrogen and oxygen atoms in total. The average Bonchev–Trinajstić information content (AvgIpc) is 2.36. The summed E-state index contributed by atoms with van der Waals surface area (Å²) in [6.07, 6.45) is 1.92. The standard InChI is InChI=1S/C11H11N3O2S/c1-17-9-4-2-3-8(7-9)14-11(16)10(15)13-6-5-12/h2-4,7H,6H2,1H3,(H,13,15)(H,14,16). The topological polar surface area (TPSA) is 82.0 Å². The number of nitriles is 1. The third-order valence-electron chi connectivity index (χ3n) is 1.86. The molecule has 0 aromatic heterocycles. The quantitative estimate of drug-likeness (QED) is 0.475. The molecule has 0 radical (unpaired) electrons. The van der Waals surface area contributed by atoms with E-state index in [2.05, 4.69) is 10.6 Å². The van der Waals surface area contributed by atoms with Crippen LogP contribution in [0, 0.1) is 11.3 Å². The zero-order valence-corrected chi connectivity index (χ0v) is 10.0. The number of carbonyl (C=O) groups is 2. The van der Waals surface area contributed by atoms with Gasteiger partial charge >= 0.3 is 11.8 Å². The Balaban J connectivity index is 2.61. The van der Waals surface area contributed by atoms with Gasteiger partial charge in [-0.05, 0) is 24.5 Å². The Bertz CT molecular complexity index is 468. The maximum absolute atomic E-state index is 11.4. The predicted octanol–water partition coefficient (Wildman–Crippen LogP) is 0.987. The fourth-order valence-corrected chi connectivity index (χ4v) is 1.55. The number of thioether (sulfide) groups is 1. The largest absolute Gasteiger partial charge is 0.335 e. The summed E-state index contributed by atoms with van der Waals surface area (Å²) in [6.45, 7) is -0.183. The first-order valence-electron chi connectivity index (χ1n) is 4.77. The smallest absolute Gasteiger partial charge is 0.313 e. The van der Waals surface area contributed by atoms with E-state index in [1.165, 1.54) is 11.8 Å². The molecule has 2 N–H and O–H groups in total. The molecule has 0 atom stereocenters. The fraction of sp³-hybridized carbons (Fsp3) is 0.182. The van der Waals surface area contributed by atoms with Crippen molar-refractivity contribution in [2.24, 2.45) is 0 Å². The minimum absolute atomic E-state index is 0.183. The van der Waals surface area contributed by atoms with Gasteiger partial charge in [0, 0.05) is 10.6 Å². The summed E-state index contributed by atoms with van der Waals surface area (Å²) < 4.78 is 0. The molecular weight excluding hydrogens is 238 g/mol. The molecule has 0 unspecified atom stereocenters. The van der Waals surface area contributed by atoms with Gasteiger partial charge in [0.1, 0.15) is 6.54 Å². The molecule has 1 aromatic carbocycles. The molecule has 0 saturated heterocycles. The van der Waals surface area contributed by atoms with E-state index >= 15 is 0 Å². The van der Waals surface area contributed by atoms with Crippen LogP contribution in [-0.2, 0) is 9.59 Å². The van der Waals surface area contributed by atoms with Gasteiger partial charge in [-0.2, -0.15) is 5.26 Å². The zero-order chi connectivity index (χ0) is 12.7. The Kier molecular flexibility index (Phi) is 5.04. The van der Waals surface area contributed by atoms with Crippen molar-refractivity contribution in [3.63, 3.8) is 0 Å². The van der Waals surface area contributed by atoms with Crippen LogP contribution in [0.1, 0.15) is 0 Å². The van der Waals surface area contributed by atoms with Gasteiger partial charge in [-0.25, -0.2) is 0 Å². The number of nitrogens with one attached hydrogen (secondary N) is 2. The number of carbonyl (C=O) groups excluding carboxylic acids is 2. The molecule has 0 saturated carbocycles. The molecule has 0 aliphatic heterocycles. The van der Waals surface area contributed by atoms with Crippen molar-refractivity contribution < 1.29 is 9.59 Å². The van der Waals surface area contributed by atoms with Gasteiger partial charge in [0.15, 0.2) is 0 Å². The van der Waals surface area contributed by atoms with Gasteiger partial charge in [-0.15, -0.1) is 11.8 Å². The molecular formula is C11H11N3O2S. The van der Waals surface area contributed by atoms with Crippen molar-refractivity contribution in [2.45, 2.75) is 4.90 Å². The number of nitrogens with zero attached hydrogens (tertiary/aromatic N) is 1. The molecule has 1 rings (SSSR count). The van der Waals surface area contributed by atoms with E-state index in [4.69, 9.17) is 5.26 Å². The third kappa shape index (κ3) is 4.17. The lowest BCUT2D eigenvalue weighted by Crippen LogP contribution is -2.35. The van der Waals surface area contributed by atoms with Crippen molar-refractivity contribution >= 4 is 29.3 Å². The lowest BCUT2D eigenvalue weighted by molar-refractivity contribution is -0.136. The number of benzene rings is 1. The lowest BCUT2D eigenvalue weighted by Gasteiger charge is -2.05. The monoisotopic (exact) mass is 249 g/mol. The van der Waals surface area contributed by atoms with E-state index in [1.54, 1.807) is 24.3 Å². The second-order valence-electron chi connectivity index (χ2n) is 3.03. The van der Waals surface area contributed by atoms with Crippen LogP contribution >= 0.6 is 11.8 Å². The maximum atomic E-state index is 11.4.